The first-order valence-corrected chi connectivity index (χ1v) is 7.48. The fourth-order valence-electron chi connectivity index (χ4n) is 2.35. The summed E-state index contributed by atoms with van der Waals surface area (Å²) in [4.78, 5) is 17.8. The molecular weight excluding hydrogens is 252 g/mol. The second kappa shape index (κ2) is 8.53. The summed E-state index contributed by atoms with van der Waals surface area (Å²) in [6.45, 7) is 4.27. The summed E-state index contributed by atoms with van der Waals surface area (Å²) in [7, 11) is 0. The van der Waals surface area contributed by atoms with Crippen LogP contribution in [0.4, 0.5) is 4.79 Å². The molecule has 1 aromatic rings. The Morgan fingerprint density at radius 2 is 2.10 bits per heavy atom. The predicted octanol–water partition coefficient (Wildman–Crippen LogP) is 1.76. The van der Waals surface area contributed by atoms with Crippen LogP contribution < -0.4 is 10.6 Å². The van der Waals surface area contributed by atoms with E-state index in [0.717, 1.165) is 52.0 Å². The fraction of sp³-hybridized carbons (Fsp3) is 0.600. The molecule has 2 rings (SSSR count). The van der Waals surface area contributed by atoms with Crippen LogP contribution in [-0.2, 0) is 6.54 Å². The number of nitrogens with one attached hydrogen (secondary N) is 2. The van der Waals surface area contributed by atoms with Gasteiger partial charge in [-0.3, -0.25) is 4.98 Å². The lowest BCUT2D eigenvalue weighted by molar-refractivity contribution is 0.186. The third-order valence-corrected chi connectivity index (χ3v) is 3.50. The molecule has 1 aliphatic heterocycles. The molecule has 0 radical (unpaired) electrons. The zero-order valence-corrected chi connectivity index (χ0v) is 12.0. The van der Waals surface area contributed by atoms with Gasteiger partial charge in [0.1, 0.15) is 0 Å². The average molecular weight is 276 g/mol. The fourth-order valence-corrected chi connectivity index (χ4v) is 2.35. The average Bonchev–Trinajstić information content (AvgIpc) is 2.52. The van der Waals surface area contributed by atoms with Gasteiger partial charge in [-0.05, 0) is 43.9 Å². The van der Waals surface area contributed by atoms with E-state index in [1.165, 1.54) is 12.0 Å². The molecule has 110 valence electrons. The maximum Gasteiger partial charge on any atom is 0.317 e. The van der Waals surface area contributed by atoms with E-state index in [2.05, 4.69) is 21.7 Å². The Balaban J connectivity index is 1.50. The highest BCUT2D eigenvalue weighted by Gasteiger charge is 2.15. The largest absolute Gasteiger partial charge is 0.338 e. The van der Waals surface area contributed by atoms with Crippen molar-refractivity contribution in [2.45, 2.75) is 32.2 Å². The van der Waals surface area contributed by atoms with Crippen LogP contribution in [0.15, 0.2) is 24.5 Å². The van der Waals surface area contributed by atoms with E-state index in [1.54, 1.807) is 6.20 Å². The van der Waals surface area contributed by atoms with E-state index in [9.17, 15) is 4.79 Å². The van der Waals surface area contributed by atoms with E-state index < -0.39 is 0 Å². The Hall–Kier alpha value is -1.62. The summed E-state index contributed by atoms with van der Waals surface area (Å²) in [5.41, 5.74) is 1.19. The van der Waals surface area contributed by atoms with Crippen LogP contribution in [0.3, 0.4) is 0 Å². The number of carbonyl (C=O) groups excluding carboxylic acids is 1. The smallest absolute Gasteiger partial charge is 0.317 e. The molecule has 20 heavy (non-hydrogen) atoms. The Morgan fingerprint density at radius 3 is 2.85 bits per heavy atom. The minimum atomic E-state index is 0.0944. The number of amides is 2. The molecule has 1 aromatic heterocycles. The van der Waals surface area contributed by atoms with E-state index in [-0.39, 0.29) is 6.03 Å². The van der Waals surface area contributed by atoms with Crippen LogP contribution in [0, 0.1) is 0 Å². The molecule has 5 nitrogen and oxygen atoms in total. The second-order valence-electron chi connectivity index (χ2n) is 5.17. The number of rotatable bonds is 6. The third-order valence-electron chi connectivity index (χ3n) is 3.50. The molecule has 0 atom stereocenters. The summed E-state index contributed by atoms with van der Waals surface area (Å²) in [6.07, 6.45) is 8.12. The molecule has 2 N–H and O–H groups in total. The maximum absolute atomic E-state index is 11.8. The topological polar surface area (TPSA) is 57.3 Å². The molecule has 1 fully saturated rings. The van der Waals surface area contributed by atoms with E-state index in [0.29, 0.717) is 0 Å². The third kappa shape index (κ3) is 5.17. The molecule has 1 saturated heterocycles. The number of aromatic nitrogens is 1. The number of urea groups is 1. The molecule has 0 unspecified atom stereocenters. The Kier molecular flexibility index (Phi) is 6.31. The van der Waals surface area contributed by atoms with Crippen LogP contribution >= 0.6 is 0 Å². The normalized spacial score (nSPS) is 15.1. The predicted molar refractivity (Wildman–Crippen MR) is 79.4 cm³/mol. The summed E-state index contributed by atoms with van der Waals surface area (Å²) >= 11 is 0. The van der Waals surface area contributed by atoms with Crippen molar-refractivity contribution in [3.63, 3.8) is 0 Å². The molecule has 0 spiro atoms. The van der Waals surface area contributed by atoms with Crippen molar-refractivity contribution < 1.29 is 4.79 Å². The number of piperidine rings is 1. The van der Waals surface area contributed by atoms with Crippen molar-refractivity contribution in [3.05, 3.63) is 30.1 Å². The lowest BCUT2D eigenvalue weighted by Crippen LogP contribution is -2.43. The maximum atomic E-state index is 11.8. The Labute approximate surface area is 120 Å². The van der Waals surface area contributed by atoms with Crippen LogP contribution in [0.25, 0.3) is 0 Å². The quantitative estimate of drug-likeness (QED) is 0.778. The van der Waals surface area contributed by atoms with Crippen molar-refractivity contribution in [2.24, 2.45) is 0 Å². The van der Waals surface area contributed by atoms with Crippen molar-refractivity contribution >= 4 is 6.03 Å². The van der Waals surface area contributed by atoms with Gasteiger partial charge in [-0.2, -0.15) is 0 Å². The van der Waals surface area contributed by atoms with Crippen LogP contribution in [0.2, 0.25) is 0 Å². The van der Waals surface area contributed by atoms with Gasteiger partial charge in [0.25, 0.3) is 0 Å². The lowest BCUT2D eigenvalue weighted by atomic mass is 10.1. The van der Waals surface area contributed by atoms with Crippen LogP contribution in [-0.4, -0.2) is 42.1 Å². The van der Waals surface area contributed by atoms with Crippen molar-refractivity contribution in [2.75, 3.05) is 26.2 Å². The zero-order chi connectivity index (χ0) is 14.0. The number of likely N-dealkylation sites (tertiary alicyclic amines) is 1. The van der Waals surface area contributed by atoms with Gasteiger partial charge in [-0.15, -0.1) is 0 Å². The first kappa shape index (κ1) is 14.8. The van der Waals surface area contributed by atoms with Crippen molar-refractivity contribution in [1.82, 2.24) is 20.5 Å². The molecule has 1 aliphatic rings. The Bertz CT molecular complexity index is 390. The molecule has 0 aromatic carbocycles. The number of hydrogen-bond donors (Lipinski definition) is 2. The number of carbonyl (C=O) groups is 1. The molecule has 2 heterocycles. The van der Waals surface area contributed by atoms with E-state index >= 15 is 0 Å². The van der Waals surface area contributed by atoms with Gasteiger partial charge in [0.05, 0.1) is 0 Å². The SMILES string of the molecule is O=C(NCCCNCc1cccnc1)N1CCCCC1. The summed E-state index contributed by atoms with van der Waals surface area (Å²) in [5, 5.41) is 6.34. The molecule has 0 bridgehead atoms. The number of nitrogens with zero attached hydrogens (tertiary/aromatic N) is 2. The monoisotopic (exact) mass is 276 g/mol. The van der Waals surface area contributed by atoms with Gasteiger partial charge in [0.15, 0.2) is 0 Å². The van der Waals surface area contributed by atoms with Gasteiger partial charge >= 0.3 is 6.03 Å². The first-order valence-electron chi connectivity index (χ1n) is 7.48. The lowest BCUT2D eigenvalue weighted by Gasteiger charge is -2.26. The molecule has 2 amide bonds. The highest BCUT2D eigenvalue weighted by Crippen LogP contribution is 2.08. The highest BCUT2D eigenvalue weighted by atomic mass is 16.2. The van der Waals surface area contributed by atoms with Crippen molar-refractivity contribution in [1.29, 1.82) is 0 Å². The minimum absolute atomic E-state index is 0.0944. The zero-order valence-electron chi connectivity index (χ0n) is 12.0. The molecule has 0 aliphatic carbocycles. The summed E-state index contributed by atoms with van der Waals surface area (Å²) in [5.74, 6) is 0. The second-order valence-corrected chi connectivity index (χ2v) is 5.17. The van der Waals surface area contributed by atoms with Gasteiger partial charge in [0.2, 0.25) is 0 Å². The van der Waals surface area contributed by atoms with Crippen molar-refractivity contribution in [3.8, 4) is 0 Å². The Morgan fingerprint density at radius 1 is 1.25 bits per heavy atom. The molecular formula is C15H24N4O. The van der Waals surface area contributed by atoms with Gasteiger partial charge in [0, 0.05) is 38.6 Å². The summed E-state index contributed by atoms with van der Waals surface area (Å²) in [6, 6.07) is 4.09. The van der Waals surface area contributed by atoms with Crippen LogP contribution in [0.5, 0.6) is 0 Å². The van der Waals surface area contributed by atoms with Crippen LogP contribution in [0.1, 0.15) is 31.2 Å². The highest BCUT2D eigenvalue weighted by molar-refractivity contribution is 5.74. The van der Waals surface area contributed by atoms with Gasteiger partial charge in [-0.1, -0.05) is 6.07 Å². The number of hydrogen-bond acceptors (Lipinski definition) is 3. The number of pyridine rings is 1. The standard InChI is InChI=1S/C15H24N4O/c20-15(19-10-2-1-3-11-19)18-9-5-8-17-13-14-6-4-7-16-12-14/h4,6-7,12,17H,1-3,5,8-11,13H2,(H,18,20). The summed E-state index contributed by atoms with van der Waals surface area (Å²) < 4.78 is 0. The van der Waals surface area contributed by atoms with Gasteiger partial charge in [-0.25, -0.2) is 4.79 Å². The van der Waals surface area contributed by atoms with Gasteiger partial charge < -0.3 is 15.5 Å². The molecule has 0 saturated carbocycles. The van der Waals surface area contributed by atoms with E-state index in [1.807, 2.05) is 17.2 Å². The first-order chi connectivity index (χ1) is 9.86. The molecule has 5 heteroatoms. The van der Waals surface area contributed by atoms with E-state index in [4.69, 9.17) is 0 Å². The minimum Gasteiger partial charge on any atom is -0.338 e.